The number of ketones is 1. The Balaban J connectivity index is 2.80. The number of nitrogens with zero attached hydrogens (tertiary/aromatic N) is 1. The van der Waals surface area contributed by atoms with Crippen LogP contribution in [-0.2, 0) is 18.3 Å². The van der Waals surface area contributed by atoms with Crippen molar-refractivity contribution in [1.29, 1.82) is 0 Å². The van der Waals surface area contributed by atoms with Gasteiger partial charge in [0.15, 0.2) is 5.78 Å². The summed E-state index contributed by atoms with van der Waals surface area (Å²) in [4.78, 5) is 22.5. The average molecular weight is 688 g/mol. The maximum atomic E-state index is 14.8. The molecule has 0 fully saturated rings. The molecule has 18 heteroatoms. The number of benzene rings is 2. The fourth-order valence-corrected chi connectivity index (χ4v) is 4.24. The summed E-state index contributed by atoms with van der Waals surface area (Å²) >= 11 is 6.51. The Morgan fingerprint density at radius 2 is 1.46 bits per heavy atom. The molecular weight excluding hydrogens is 681 g/mol. The molecule has 2 aromatic rings. The van der Waals surface area contributed by atoms with E-state index in [2.05, 4.69) is 0 Å². The van der Waals surface area contributed by atoms with E-state index in [1.165, 1.54) is 0 Å². The first-order valence-electron chi connectivity index (χ1n) is 9.04. The number of alkyl halides is 12. The molecule has 0 spiro atoms. The van der Waals surface area contributed by atoms with Crippen LogP contribution in [0.2, 0.25) is 5.02 Å². The van der Waals surface area contributed by atoms with E-state index in [9.17, 15) is 67.6 Å². The number of nitro benzene ring substituents is 1. The third-order valence-corrected chi connectivity index (χ3v) is 6.25. The van der Waals surface area contributed by atoms with Gasteiger partial charge in [0, 0.05) is 27.2 Å². The molecule has 2 aromatic carbocycles. The molecule has 0 aliphatic carbocycles. The van der Waals surface area contributed by atoms with Gasteiger partial charge in [0.2, 0.25) is 0 Å². The molecule has 0 heterocycles. The zero-order valence-electron chi connectivity index (χ0n) is 17.1. The van der Waals surface area contributed by atoms with Crippen molar-refractivity contribution >= 4 is 45.7 Å². The molecule has 0 amide bonds. The van der Waals surface area contributed by atoms with Crippen LogP contribution < -0.4 is 0 Å². The van der Waals surface area contributed by atoms with Crippen LogP contribution in [0.5, 0.6) is 0 Å². The highest BCUT2D eigenvalue weighted by atomic mass is 127. The zero-order chi connectivity index (χ0) is 28.9. The Labute approximate surface area is 215 Å². The Morgan fingerprint density at radius 1 is 0.919 bits per heavy atom. The van der Waals surface area contributed by atoms with Gasteiger partial charge < -0.3 is 0 Å². The Bertz CT molecular complexity index is 1240. The highest BCUT2D eigenvalue weighted by Crippen LogP contribution is 2.59. The molecule has 1 unspecified atom stereocenters. The molecule has 0 saturated carbocycles. The minimum absolute atomic E-state index is 0.333. The van der Waals surface area contributed by atoms with E-state index in [1.54, 1.807) is 0 Å². The van der Waals surface area contributed by atoms with Gasteiger partial charge in [0.05, 0.1) is 10.5 Å². The lowest BCUT2D eigenvalue weighted by atomic mass is 9.85. The van der Waals surface area contributed by atoms with Gasteiger partial charge in [-0.25, -0.2) is 4.39 Å². The number of hydrogen-bond acceptors (Lipinski definition) is 3. The van der Waals surface area contributed by atoms with Gasteiger partial charge >= 0.3 is 30.1 Å². The molecule has 2 rings (SSSR count). The summed E-state index contributed by atoms with van der Waals surface area (Å²) < 4.78 is 160. The summed E-state index contributed by atoms with van der Waals surface area (Å²) in [6.45, 7) is 0. The van der Waals surface area contributed by atoms with Crippen LogP contribution in [0.4, 0.5) is 58.4 Å². The van der Waals surface area contributed by atoms with Gasteiger partial charge in [-0.15, -0.1) is 0 Å². The Kier molecular flexibility index (Phi) is 8.17. The predicted molar refractivity (Wildman–Crippen MR) is 110 cm³/mol. The summed E-state index contributed by atoms with van der Waals surface area (Å²) in [6, 6.07) is 1.38. The van der Waals surface area contributed by atoms with Crippen molar-refractivity contribution in [2.75, 3.05) is 0 Å². The minimum atomic E-state index is -7.22. The number of carbonyl (C=O) groups excluding carboxylic acids is 1. The van der Waals surface area contributed by atoms with Crippen LogP contribution in [0, 0.1) is 13.7 Å². The van der Waals surface area contributed by atoms with Crippen molar-refractivity contribution in [3.63, 3.8) is 0 Å². The Hall–Kier alpha value is -2.31. The van der Waals surface area contributed by atoms with Gasteiger partial charge in [-0.1, -0.05) is 17.7 Å². The lowest BCUT2D eigenvalue weighted by Gasteiger charge is -2.36. The molecule has 0 radical (unpaired) electrons. The van der Waals surface area contributed by atoms with Crippen molar-refractivity contribution in [1.82, 2.24) is 0 Å². The highest BCUT2D eigenvalue weighted by molar-refractivity contribution is 14.1. The third kappa shape index (κ3) is 5.46. The first-order valence-corrected chi connectivity index (χ1v) is 10.5. The number of nitro groups is 1. The van der Waals surface area contributed by atoms with Gasteiger partial charge in [0.25, 0.3) is 5.69 Å². The van der Waals surface area contributed by atoms with Gasteiger partial charge in [-0.3, -0.25) is 14.9 Å². The van der Waals surface area contributed by atoms with E-state index >= 15 is 0 Å². The summed E-state index contributed by atoms with van der Waals surface area (Å²) in [6.07, 6.45) is -21.4. The third-order valence-electron chi connectivity index (χ3n) is 4.89. The normalized spacial score (nSPS) is 14.9. The van der Waals surface area contributed by atoms with Crippen molar-refractivity contribution in [2.45, 2.75) is 36.5 Å². The smallest absolute Gasteiger partial charge is 0.294 e. The number of rotatable bonds is 6. The van der Waals surface area contributed by atoms with E-state index < -0.39 is 89.8 Å². The highest BCUT2D eigenvalue weighted by Gasteiger charge is 2.81. The molecule has 4 nitrogen and oxygen atoms in total. The molecule has 0 aromatic heterocycles. The standard InChI is InChI=1S/C19H7ClF12INO3/c20-14-8(2-1-3-12(14)34(36)37)13(35)6-9-10(16(22,23)24)4-7(5-11(9)33)15(21,18(27,28)29)17(25,26)19(30,31)32/h1-5H,6H2. The maximum Gasteiger partial charge on any atom is 0.457 e. The van der Waals surface area contributed by atoms with E-state index in [1.807, 2.05) is 0 Å². The monoisotopic (exact) mass is 687 g/mol. The summed E-state index contributed by atoms with van der Waals surface area (Å²) in [5.74, 6) is -8.59. The quantitative estimate of drug-likeness (QED) is 0.101. The number of Topliss-reactive ketones (excluding diaryl/α,β-unsaturated/α-hetero) is 1. The van der Waals surface area contributed by atoms with Crippen molar-refractivity contribution < 1.29 is 62.4 Å². The molecule has 0 bridgehead atoms. The summed E-state index contributed by atoms with van der Waals surface area (Å²) in [5, 5.41) is 10.1. The van der Waals surface area contributed by atoms with Crippen LogP contribution in [0.3, 0.4) is 0 Å². The lowest BCUT2D eigenvalue weighted by Crippen LogP contribution is -2.59. The molecule has 0 aliphatic rings. The van der Waals surface area contributed by atoms with Crippen molar-refractivity contribution in [3.05, 3.63) is 71.3 Å². The molecule has 0 aliphatic heterocycles. The van der Waals surface area contributed by atoms with Crippen LogP contribution >= 0.6 is 34.2 Å². The van der Waals surface area contributed by atoms with E-state index in [0.29, 0.717) is 0 Å². The average Bonchev–Trinajstić information content (AvgIpc) is 2.71. The Morgan fingerprint density at radius 3 is 1.89 bits per heavy atom. The second kappa shape index (κ2) is 9.77. The van der Waals surface area contributed by atoms with Crippen molar-refractivity contribution in [3.8, 4) is 0 Å². The summed E-state index contributed by atoms with van der Waals surface area (Å²) in [5.41, 5.74) is -14.5. The topological polar surface area (TPSA) is 60.2 Å². The SMILES string of the molecule is O=C(Cc1c(I)cc(C(F)(C(F)(F)F)C(F)(F)C(F)(F)F)cc1C(F)(F)F)c1cccc([N+](=O)[O-])c1Cl. The minimum Gasteiger partial charge on any atom is -0.294 e. The second-order valence-electron chi connectivity index (χ2n) is 7.21. The molecule has 1 atom stereocenters. The second-order valence-corrected chi connectivity index (χ2v) is 8.75. The number of carbonyl (C=O) groups is 1. The zero-order valence-corrected chi connectivity index (χ0v) is 20.0. The molecule has 0 N–H and O–H groups in total. The van der Waals surface area contributed by atoms with Gasteiger partial charge in [0.1, 0.15) is 5.02 Å². The van der Waals surface area contributed by atoms with E-state index in [-0.39, 0.29) is 6.07 Å². The van der Waals surface area contributed by atoms with Crippen LogP contribution in [0.15, 0.2) is 30.3 Å². The summed E-state index contributed by atoms with van der Waals surface area (Å²) in [7, 11) is 0. The van der Waals surface area contributed by atoms with Gasteiger partial charge in [-0.2, -0.15) is 48.3 Å². The molecule has 204 valence electrons. The predicted octanol–water partition coefficient (Wildman–Crippen LogP) is 8.22. The number of halogens is 14. The first kappa shape index (κ1) is 30.9. The van der Waals surface area contributed by atoms with E-state index in [0.717, 1.165) is 40.8 Å². The van der Waals surface area contributed by atoms with Crippen LogP contribution in [0.25, 0.3) is 0 Å². The van der Waals surface area contributed by atoms with E-state index in [4.69, 9.17) is 11.6 Å². The van der Waals surface area contributed by atoms with Crippen LogP contribution in [0.1, 0.15) is 27.0 Å². The molecular formula is C19H7ClF12INO3. The van der Waals surface area contributed by atoms with Crippen molar-refractivity contribution in [2.24, 2.45) is 0 Å². The molecule has 0 saturated heterocycles. The van der Waals surface area contributed by atoms with Gasteiger partial charge in [-0.05, 0) is 46.4 Å². The largest absolute Gasteiger partial charge is 0.457 e. The number of hydrogen-bond donors (Lipinski definition) is 0. The maximum absolute atomic E-state index is 14.8. The first-order chi connectivity index (χ1) is 16.5. The lowest BCUT2D eigenvalue weighted by molar-refractivity contribution is -0.389. The molecule has 37 heavy (non-hydrogen) atoms. The fraction of sp³-hybridized carbons (Fsp3) is 0.316. The fourth-order valence-electron chi connectivity index (χ4n) is 3.12. The van der Waals surface area contributed by atoms with Crippen LogP contribution in [-0.4, -0.2) is 29.0 Å².